The standard InChI is InChI=1S/C11H9NO3/c1-6-3-2-4-7-8(11(14)15)5-9(13)12-10(6)7/h2-5,7H,1H3,(H,14,15). The Labute approximate surface area is 86.3 Å². The summed E-state index contributed by atoms with van der Waals surface area (Å²) in [7, 11) is 0. The van der Waals surface area contributed by atoms with Gasteiger partial charge in [0.1, 0.15) is 0 Å². The molecule has 2 aliphatic rings. The van der Waals surface area contributed by atoms with Gasteiger partial charge in [0.25, 0.3) is 5.91 Å². The highest BCUT2D eigenvalue weighted by Gasteiger charge is 2.30. The molecule has 0 saturated carbocycles. The largest absolute Gasteiger partial charge is 0.478 e. The lowest BCUT2D eigenvalue weighted by atomic mass is 9.84. The van der Waals surface area contributed by atoms with Crippen LogP contribution >= 0.6 is 0 Å². The molecule has 0 bridgehead atoms. The van der Waals surface area contributed by atoms with Gasteiger partial charge in [-0.05, 0) is 12.5 Å². The third kappa shape index (κ3) is 1.54. The smallest absolute Gasteiger partial charge is 0.332 e. The van der Waals surface area contributed by atoms with E-state index in [-0.39, 0.29) is 11.5 Å². The molecule has 1 amide bonds. The molecule has 2 rings (SSSR count). The molecule has 0 spiro atoms. The Bertz CT molecular complexity index is 450. The molecule has 4 nitrogen and oxygen atoms in total. The van der Waals surface area contributed by atoms with Gasteiger partial charge in [-0.3, -0.25) is 4.79 Å². The Morgan fingerprint density at radius 1 is 1.53 bits per heavy atom. The molecule has 0 radical (unpaired) electrons. The molecule has 0 aromatic rings. The third-order valence-electron chi connectivity index (χ3n) is 2.44. The molecule has 1 heterocycles. The molecule has 1 aliphatic carbocycles. The van der Waals surface area contributed by atoms with Gasteiger partial charge in [0.05, 0.1) is 17.2 Å². The summed E-state index contributed by atoms with van der Waals surface area (Å²) in [6, 6.07) is 0. The average Bonchev–Trinajstić information content (AvgIpc) is 2.18. The molecule has 1 N–H and O–H groups in total. The highest BCUT2D eigenvalue weighted by atomic mass is 16.4. The van der Waals surface area contributed by atoms with E-state index in [0.717, 1.165) is 11.6 Å². The van der Waals surface area contributed by atoms with E-state index >= 15 is 0 Å². The highest BCUT2D eigenvalue weighted by Crippen LogP contribution is 2.26. The van der Waals surface area contributed by atoms with Gasteiger partial charge in [-0.1, -0.05) is 18.2 Å². The molecule has 0 aromatic carbocycles. The topological polar surface area (TPSA) is 66.7 Å². The number of hydrogen-bond donors (Lipinski definition) is 1. The van der Waals surface area contributed by atoms with Gasteiger partial charge in [0.15, 0.2) is 0 Å². The second kappa shape index (κ2) is 3.31. The molecule has 0 aromatic heterocycles. The van der Waals surface area contributed by atoms with E-state index in [0.29, 0.717) is 5.71 Å². The van der Waals surface area contributed by atoms with Crippen LogP contribution in [0.1, 0.15) is 6.92 Å². The van der Waals surface area contributed by atoms with Crippen LogP contribution in [0, 0.1) is 5.92 Å². The lowest BCUT2D eigenvalue weighted by Crippen LogP contribution is -2.27. The first-order valence-electron chi connectivity index (χ1n) is 4.52. The minimum atomic E-state index is -1.07. The van der Waals surface area contributed by atoms with Crippen molar-refractivity contribution < 1.29 is 14.7 Å². The van der Waals surface area contributed by atoms with Gasteiger partial charge >= 0.3 is 5.97 Å². The van der Waals surface area contributed by atoms with Gasteiger partial charge in [-0.2, -0.15) is 0 Å². The van der Waals surface area contributed by atoms with Gasteiger partial charge in [-0.15, -0.1) is 0 Å². The molecular formula is C11H9NO3. The molecule has 0 fully saturated rings. The van der Waals surface area contributed by atoms with Crippen molar-refractivity contribution in [3.05, 3.63) is 35.5 Å². The number of rotatable bonds is 1. The maximum Gasteiger partial charge on any atom is 0.332 e. The van der Waals surface area contributed by atoms with Gasteiger partial charge in [0, 0.05) is 6.08 Å². The molecule has 4 heteroatoms. The Morgan fingerprint density at radius 3 is 2.93 bits per heavy atom. The van der Waals surface area contributed by atoms with Crippen molar-refractivity contribution in [1.29, 1.82) is 0 Å². The minimum absolute atomic E-state index is 0.0914. The number of carboxylic acid groups (broad SMARTS) is 1. The van der Waals surface area contributed by atoms with Crippen LogP contribution in [0.15, 0.2) is 40.4 Å². The Morgan fingerprint density at radius 2 is 2.27 bits per heavy atom. The first-order valence-corrected chi connectivity index (χ1v) is 4.52. The van der Waals surface area contributed by atoms with Crippen molar-refractivity contribution in [3.8, 4) is 0 Å². The van der Waals surface area contributed by atoms with E-state index < -0.39 is 11.9 Å². The number of allylic oxidation sites excluding steroid dienone is 4. The third-order valence-corrected chi connectivity index (χ3v) is 2.44. The fourth-order valence-corrected chi connectivity index (χ4v) is 1.71. The Hall–Kier alpha value is -1.97. The summed E-state index contributed by atoms with van der Waals surface area (Å²) < 4.78 is 0. The molecular weight excluding hydrogens is 194 g/mol. The highest BCUT2D eigenvalue weighted by molar-refractivity contribution is 6.18. The van der Waals surface area contributed by atoms with Gasteiger partial charge in [-0.25, -0.2) is 9.79 Å². The van der Waals surface area contributed by atoms with E-state index in [1.54, 1.807) is 12.2 Å². The number of amides is 1. The average molecular weight is 203 g/mol. The van der Waals surface area contributed by atoms with E-state index in [4.69, 9.17) is 5.11 Å². The van der Waals surface area contributed by atoms with Crippen molar-refractivity contribution >= 4 is 17.6 Å². The summed E-state index contributed by atoms with van der Waals surface area (Å²) in [5.41, 5.74) is 1.47. The monoisotopic (exact) mass is 203 g/mol. The maximum atomic E-state index is 11.2. The van der Waals surface area contributed by atoms with E-state index in [2.05, 4.69) is 4.99 Å². The van der Waals surface area contributed by atoms with E-state index in [1.165, 1.54) is 0 Å². The minimum Gasteiger partial charge on any atom is -0.478 e. The van der Waals surface area contributed by atoms with E-state index in [1.807, 2.05) is 13.0 Å². The zero-order valence-electron chi connectivity index (χ0n) is 8.10. The van der Waals surface area contributed by atoms with Gasteiger partial charge in [0.2, 0.25) is 0 Å². The zero-order chi connectivity index (χ0) is 11.0. The fourth-order valence-electron chi connectivity index (χ4n) is 1.71. The first-order chi connectivity index (χ1) is 7.09. The summed E-state index contributed by atoms with van der Waals surface area (Å²) >= 11 is 0. The van der Waals surface area contributed by atoms with Crippen LogP contribution in [0.4, 0.5) is 0 Å². The number of carbonyl (C=O) groups is 2. The van der Waals surface area contributed by atoms with Crippen LogP contribution in [0.2, 0.25) is 0 Å². The quantitative estimate of drug-likeness (QED) is 0.694. The summed E-state index contributed by atoms with van der Waals surface area (Å²) in [5.74, 6) is -1.95. The Balaban J connectivity index is 2.50. The van der Waals surface area contributed by atoms with Crippen molar-refractivity contribution in [2.75, 3.05) is 0 Å². The molecule has 1 unspecified atom stereocenters. The summed E-state index contributed by atoms with van der Waals surface area (Å²) in [6.07, 6.45) is 6.41. The Kier molecular flexibility index (Phi) is 2.11. The molecule has 76 valence electrons. The number of aliphatic carboxylic acids is 1. The maximum absolute atomic E-state index is 11.2. The van der Waals surface area contributed by atoms with Crippen LogP contribution in [0.3, 0.4) is 0 Å². The van der Waals surface area contributed by atoms with Crippen LogP contribution in [-0.2, 0) is 9.59 Å². The van der Waals surface area contributed by atoms with Crippen molar-refractivity contribution in [2.45, 2.75) is 6.92 Å². The molecule has 15 heavy (non-hydrogen) atoms. The number of dihydropyridines is 1. The predicted octanol–water partition coefficient (Wildman–Crippen LogP) is 1.11. The number of aliphatic imine (C=N–C) groups is 1. The first kappa shape index (κ1) is 9.58. The molecule has 1 atom stereocenters. The summed E-state index contributed by atoms with van der Waals surface area (Å²) in [5, 5.41) is 8.95. The normalized spacial score (nSPS) is 23.9. The summed E-state index contributed by atoms with van der Waals surface area (Å²) in [6.45, 7) is 1.81. The number of nitrogens with zero attached hydrogens (tertiary/aromatic N) is 1. The second-order valence-electron chi connectivity index (χ2n) is 3.45. The molecule has 1 aliphatic heterocycles. The number of fused-ring (bicyclic) bond motifs is 1. The van der Waals surface area contributed by atoms with Crippen LogP contribution in [0.25, 0.3) is 0 Å². The number of carbonyl (C=O) groups excluding carboxylic acids is 1. The van der Waals surface area contributed by atoms with E-state index in [9.17, 15) is 9.59 Å². The van der Waals surface area contributed by atoms with Crippen LogP contribution < -0.4 is 0 Å². The number of carboxylic acids is 1. The number of hydrogen-bond acceptors (Lipinski definition) is 2. The van der Waals surface area contributed by atoms with Gasteiger partial charge < -0.3 is 5.11 Å². The summed E-state index contributed by atoms with van der Waals surface area (Å²) in [4.78, 5) is 26.0. The second-order valence-corrected chi connectivity index (χ2v) is 3.45. The van der Waals surface area contributed by atoms with Crippen LogP contribution in [0.5, 0.6) is 0 Å². The van der Waals surface area contributed by atoms with Crippen molar-refractivity contribution in [2.24, 2.45) is 10.9 Å². The lowest BCUT2D eigenvalue weighted by molar-refractivity contribution is -0.133. The predicted molar refractivity (Wildman–Crippen MR) is 54.5 cm³/mol. The molecule has 0 saturated heterocycles. The SMILES string of the molecule is CC1=CC=CC2C(C(=O)O)=CC(=O)N=C12. The van der Waals surface area contributed by atoms with Crippen molar-refractivity contribution in [3.63, 3.8) is 0 Å². The lowest BCUT2D eigenvalue weighted by Gasteiger charge is -2.22. The van der Waals surface area contributed by atoms with Crippen LogP contribution in [-0.4, -0.2) is 22.7 Å². The van der Waals surface area contributed by atoms with Crippen molar-refractivity contribution in [1.82, 2.24) is 0 Å². The fraction of sp³-hybridized carbons (Fsp3) is 0.182. The zero-order valence-corrected chi connectivity index (χ0v) is 8.10.